The third-order valence-electron chi connectivity index (χ3n) is 5.49. The third-order valence-corrected chi connectivity index (χ3v) is 5.49. The molecule has 20 heavy (non-hydrogen) atoms. The van der Waals surface area contributed by atoms with Crippen molar-refractivity contribution in [3.05, 3.63) is 11.6 Å². The van der Waals surface area contributed by atoms with Gasteiger partial charge in [0.1, 0.15) is 0 Å². The molecule has 0 aromatic rings. The molecule has 0 unspecified atom stereocenters. The van der Waals surface area contributed by atoms with E-state index in [1.165, 1.54) is 12.5 Å². The summed E-state index contributed by atoms with van der Waals surface area (Å²) in [6.45, 7) is 13.8. The van der Waals surface area contributed by atoms with Crippen molar-refractivity contribution in [3.63, 3.8) is 0 Å². The van der Waals surface area contributed by atoms with Crippen LogP contribution in [0, 0.1) is 29.1 Å². The van der Waals surface area contributed by atoms with Crippen LogP contribution in [0.4, 0.5) is 0 Å². The number of allylic oxidation sites excluding steroid dienone is 1. The summed E-state index contributed by atoms with van der Waals surface area (Å²) >= 11 is 0. The topological polar surface area (TPSA) is 35.5 Å². The van der Waals surface area contributed by atoms with E-state index >= 15 is 0 Å². The van der Waals surface area contributed by atoms with Crippen LogP contribution in [0.15, 0.2) is 11.6 Å². The normalized spacial score (nSPS) is 40.5. The lowest BCUT2D eigenvalue weighted by Gasteiger charge is -2.56. The molecule has 5 atom stereocenters. The Labute approximate surface area is 122 Å². The standard InChI is InChI=1S/C17H28O3/c1-10(2)16-15-11(3)7-12(4)17(9-20-16,13(15)5)8-19-14(6)18/h7,10,12-13,15-16H,8-9H2,1-6H3/t12-,13-,15-,16+,17+/m0/s1. The average molecular weight is 280 g/mol. The maximum absolute atomic E-state index is 11.2. The first-order valence-corrected chi connectivity index (χ1v) is 7.73. The summed E-state index contributed by atoms with van der Waals surface area (Å²) in [5.41, 5.74) is 1.36. The maximum atomic E-state index is 11.2. The van der Waals surface area contributed by atoms with Gasteiger partial charge < -0.3 is 9.47 Å². The van der Waals surface area contributed by atoms with Gasteiger partial charge >= 0.3 is 5.97 Å². The highest BCUT2D eigenvalue weighted by Gasteiger charge is 2.54. The van der Waals surface area contributed by atoms with E-state index in [-0.39, 0.29) is 17.5 Å². The molecular formula is C17H28O3. The minimum absolute atomic E-state index is 0.0682. The van der Waals surface area contributed by atoms with Crippen LogP contribution in [-0.2, 0) is 14.3 Å². The molecule has 1 saturated heterocycles. The zero-order valence-corrected chi connectivity index (χ0v) is 13.6. The summed E-state index contributed by atoms with van der Waals surface area (Å²) in [4.78, 5) is 11.2. The van der Waals surface area contributed by atoms with Gasteiger partial charge in [-0.3, -0.25) is 4.79 Å². The van der Waals surface area contributed by atoms with Crippen molar-refractivity contribution in [2.75, 3.05) is 13.2 Å². The van der Waals surface area contributed by atoms with Crippen molar-refractivity contribution in [3.8, 4) is 0 Å². The fourth-order valence-corrected chi connectivity index (χ4v) is 4.15. The fraction of sp³-hybridized carbons (Fsp3) is 0.824. The lowest BCUT2D eigenvalue weighted by Crippen LogP contribution is -2.57. The molecule has 114 valence electrons. The molecule has 0 aromatic heterocycles. The van der Waals surface area contributed by atoms with E-state index < -0.39 is 0 Å². The molecule has 2 aliphatic rings. The van der Waals surface area contributed by atoms with Gasteiger partial charge in [0.05, 0.1) is 19.3 Å². The Morgan fingerprint density at radius 1 is 1.50 bits per heavy atom. The van der Waals surface area contributed by atoms with E-state index in [9.17, 15) is 4.79 Å². The highest BCUT2D eigenvalue weighted by atomic mass is 16.5. The van der Waals surface area contributed by atoms with E-state index in [0.29, 0.717) is 36.9 Å². The summed E-state index contributed by atoms with van der Waals surface area (Å²) in [7, 11) is 0. The van der Waals surface area contributed by atoms with E-state index in [1.807, 2.05) is 0 Å². The van der Waals surface area contributed by atoms with Crippen LogP contribution in [-0.4, -0.2) is 25.3 Å². The summed E-state index contributed by atoms with van der Waals surface area (Å²) in [6, 6.07) is 0. The molecule has 0 N–H and O–H groups in total. The molecule has 1 fully saturated rings. The van der Waals surface area contributed by atoms with Crippen LogP contribution in [0.2, 0.25) is 0 Å². The fourth-order valence-electron chi connectivity index (χ4n) is 4.15. The Hall–Kier alpha value is -0.830. The van der Waals surface area contributed by atoms with Gasteiger partial charge in [-0.2, -0.15) is 0 Å². The molecule has 1 aliphatic heterocycles. The number of carbonyl (C=O) groups is 1. The van der Waals surface area contributed by atoms with Crippen LogP contribution in [0.5, 0.6) is 0 Å². The monoisotopic (exact) mass is 280 g/mol. The summed E-state index contributed by atoms with van der Waals surface area (Å²) in [6.07, 6.45) is 2.64. The Bertz CT molecular complexity index is 412. The summed E-state index contributed by atoms with van der Waals surface area (Å²) < 4.78 is 11.6. The van der Waals surface area contributed by atoms with Gasteiger partial charge in [0, 0.05) is 18.3 Å². The lowest BCUT2D eigenvalue weighted by atomic mass is 9.55. The van der Waals surface area contributed by atoms with Gasteiger partial charge in [0.15, 0.2) is 0 Å². The minimum Gasteiger partial charge on any atom is -0.465 e. The van der Waals surface area contributed by atoms with Gasteiger partial charge in [-0.15, -0.1) is 0 Å². The van der Waals surface area contributed by atoms with Gasteiger partial charge in [-0.05, 0) is 24.7 Å². The Balaban J connectivity index is 2.33. The van der Waals surface area contributed by atoms with Crippen LogP contribution in [0.3, 0.4) is 0 Å². The average Bonchev–Trinajstić information content (AvgIpc) is 2.34. The van der Waals surface area contributed by atoms with E-state index in [0.717, 1.165) is 0 Å². The number of ether oxygens (including phenoxy) is 2. The van der Waals surface area contributed by atoms with Crippen LogP contribution in [0.25, 0.3) is 0 Å². The summed E-state index contributed by atoms with van der Waals surface area (Å²) in [5.74, 6) is 1.60. The third kappa shape index (κ3) is 2.41. The maximum Gasteiger partial charge on any atom is 0.302 e. The molecule has 0 aromatic carbocycles. The first-order valence-electron chi connectivity index (χ1n) is 7.73. The van der Waals surface area contributed by atoms with Crippen LogP contribution < -0.4 is 0 Å². The predicted octanol–water partition coefficient (Wildman–Crippen LogP) is 3.44. The molecule has 0 radical (unpaired) electrons. The van der Waals surface area contributed by atoms with Crippen molar-refractivity contribution in [1.29, 1.82) is 0 Å². The first kappa shape index (κ1) is 15.6. The van der Waals surface area contributed by atoms with Crippen LogP contribution in [0.1, 0.15) is 41.5 Å². The Kier molecular flexibility index (Phi) is 4.29. The Morgan fingerprint density at radius 2 is 2.15 bits per heavy atom. The van der Waals surface area contributed by atoms with Crippen molar-refractivity contribution in [1.82, 2.24) is 0 Å². The molecule has 0 amide bonds. The number of rotatable bonds is 3. The zero-order chi connectivity index (χ0) is 15.1. The first-order chi connectivity index (χ1) is 9.29. The number of hydrogen-bond donors (Lipinski definition) is 0. The molecule has 0 spiro atoms. The predicted molar refractivity (Wildman–Crippen MR) is 79.2 cm³/mol. The minimum atomic E-state index is -0.201. The molecule has 1 heterocycles. The number of esters is 1. The SMILES string of the molecule is CC(=O)OC[C@@]12CO[C@H](C(C)C)[C@@H](C(C)=C[C@@H]1C)[C@@H]2C. The van der Waals surface area contributed by atoms with Gasteiger partial charge in [-0.1, -0.05) is 39.3 Å². The molecule has 2 rings (SSSR count). The van der Waals surface area contributed by atoms with Crippen LogP contribution >= 0.6 is 0 Å². The Morgan fingerprint density at radius 3 is 2.70 bits per heavy atom. The van der Waals surface area contributed by atoms with Crippen molar-refractivity contribution < 1.29 is 14.3 Å². The number of fused-ring (bicyclic) bond motifs is 2. The van der Waals surface area contributed by atoms with E-state index in [1.54, 1.807) is 0 Å². The van der Waals surface area contributed by atoms with Crippen molar-refractivity contribution >= 4 is 5.97 Å². The zero-order valence-electron chi connectivity index (χ0n) is 13.6. The number of hydrogen-bond acceptors (Lipinski definition) is 3. The van der Waals surface area contributed by atoms with E-state index in [2.05, 4.69) is 40.7 Å². The smallest absolute Gasteiger partial charge is 0.302 e. The molecule has 3 nitrogen and oxygen atoms in total. The second kappa shape index (κ2) is 5.51. The van der Waals surface area contributed by atoms with E-state index in [4.69, 9.17) is 9.47 Å². The highest BCUT2D eigenvalue weighted by Crippen LogP contribution is 2.53. The lowest BCUT2D eigenvalue weighted by molar-refractivity contribution is -0.186. The molecule has 1 aliphatic carbocycles. The second-order valence-electron chi connectivity index (χ2n) is 7.05. The second-order valence-corrected chi connectivity index (χ2v) is 7.05. The molecule has 2 bridgehead atoms. The molecule has 3 heteroatoms. The van der Waals surface area contributed by atoms with Gasteiger partial charge in [0.2, 0.25) is 0 Å². The van der Waals surface area contributed by atoms with Gasteiger partial charge in [0.25, 0.3) is 0 Å². The highest BCUT2D eigenvalue weighted by molar-refractivity contribution is 5.65. The molecule has 0 saturated carbocycles. The largest absolute Gasteiger partial charge is 0.465 e. The number of carbonyl (C=O) groups excluding carboxylic acids is 1. The van der Waals surface area contributed by atoms with Crippen molar-refractivity contribution in [2.45, 2.75) is 47.6 Å². The summed E-state index contributed by atoms with van der Waals surface area (Å²) in [5, 5.41) is 0. The molecular weight excluding hydrogens is 252 g/mol. The van der Waals surface area contributed by atoms with Crippen molar-refractivity contribution in [2.24, 2.45) is 29.1 Å². The quantitative estimate of drug-likeness (QED) is 0.587. The van der Waals surface area contributed by atoms with Gasteiger partial charge in [-0.25, -0.2) is 0 Å².